The summed E-state index contributed by atoms with van der Waals surface area (Å²) in [7, 11) is 4.54. The fraction of sp³-hybridized carbons (Fsp3) is 1.00. The van der Waals surface area contributed by atoms with E-state index in [9.17, 15) is 0 Å². The van der Waals surface area contributed by atoms with Crippen molar-refractivity contribution in [3.8, 4) is 0 Å². The van der Waals surface area contributed by atoms with Crippen molar-refractivity contribution in [3.63, 3.8) is 0 Å². The van der Waals surface area contributed by atoms with Gasteiger partial charge in [-0.05, 0) is 51.3 Å². The number of nitrogens with one attached hydrogen (secondary N) is 1. The van der Waals surface area contributed by atoms with Gasteiger partial charge in [0.2, 0.25) is 0 Å². The van der Waals surface area contributed by atoms with Gasteiger partial charge in [-0.15, -0.1) is 0 Å². The van der Waals surface area contributed by atoms with Crippen molar-refractivity contribution >= 4 is 11.8 Å². The summed E-state index contributed by atoms with van der Waals surface area (Å²) in [5.74, 6) is 2.71. The molecule has 1 aliphatic carbocycles. The van der Waals surface area contributed by atoms with Gasteiger partial charge in [0.15, 0.2) is 0 Å². The lowest BCUT2D eigenvalue weighted by Gasteiger charge is -2.44. The SMILES string of the molecule is CN(C)C1(CNC2CCSCC2)CCCCC1. The fourth-order valence-corrected chi connectivity index (χ4v) is 4.33. The second-order valence-electron chi connectivity index (χ2n) is 5.95. The van der Waals surface area contributed by atoms with Crippen LogP contribution in [0.15, 0.2) is 0 Å². The average molecular weight is 256 g/mol. The van der Waals surface area contributed by atoms with Crippen LogP contribution in [0.2, 0.25) is 0 Å². The van der Waals surface area contributed by atoms with Crippen molar-refractivity contribution in [1.29, 1.82) is 0 Å². The molecule has 0 aromatic heterocycles. The second kappa shape index (κ2) is 6.44. The second-order valence-corrected chi connectivity index (χ2v) is 7.17. The number of hydrogen-bond acceptors (Lipinski definition) is 3. The van der Waals surface area contributed by atoms with Crippen LogP contribution in [0.5, 0.6) is 0 Å². The van der Waals surface area contributed by atoms with E-state index in [0.717, 1.165) is 6.04 Å². The third kappa shape index (κ3) is 3.62. The molecule has 1 N–H and O–H groups in total. The van der Waals surface area contributed by atoms with Gasteiger partial charge in [-0.1, -0.05) is 19.3 Å². The van der Waals surface area contributed by atoms with E-state index < -0.39 is 0 Å². The molecular formula is C14H28N2S. The Balaban J connectivity index is 1.84. The summed E-state index contributed by atoms with van der Waals surface area (Å²) in [6, 6.07) is 0.787. The van der Waals surface area contributed by atoms with Crippen LogP contribution < -0.4 is 5.32 Å². The molecule has 0 aromatic rings. The Labute approximate surface area is 111 Å². The molecule has 2 aliphatic rings. The Morgan fingerprint density at radius 2 is 1.76 bits per heavy atom. The molecule has 17 heavy (non-hydrogen) atoms. The molecule has 0 radical (unpaired) electrons. The molecule has 0 bridgehead atoms. The molecule has 1 saturated heterocycles. The zero-order valence-corrected chi connectivity index (χ0v) is 12.3. The van der Waals surface area contributed by atoms with Gasteiger partial charge < -0.3 is 10.2 Å². The van der Waals surface area contributed by atoms with Crippen LogP contribution in [0.4, 0.5) is 0 Å². The maximum Gasteiger partial charge on any atom is 0.0327 e. The quantitative estimate of drug-likeness (QED) is 0.832. The van der Waals surface area contributed by atoms with Gasteiger partial charge in [0.05, 0.1) is 0 Å². The smallest absolute Gasteiger partial charge is 0.0327 e. The zero-order chi connectivity index (χ0) is 12.1. The van der Waals surface area contributed by atoms with Crippen LogP contribution >= 0.6 is 11.8 Å². The predicted molar refractivity (Wildman–Crippen MR) is 77.9 cm³/mol. The first-order chi connectivity index (χ1) is 8.23. The summed E-state index contributed by atoms with van der Waals surface area (Å²) in [5, 5.41) is 3.86. The highest BCUT2D eigenvalue weighted by molar-refractivity contribution is 7.99. The molecule has 0 unspecified atom stereocenters. The molecule has 2 nitrogen and oxygen atoms in total. The fourth-order valence-electron chi connectivity index (χ4n) is 3.23. The van der Waals surface area contributed by atoms with Gasteiger partial charge in [0.25, 0.3) is 0 Å². The van der Waals surface area contributed by atoms with E-state index in [-0.39, 0.29) is 0 Å². The first-order valence-corrected chi connectivity index (χ1v) is 8.37. The Hall–Kier alpha value is 0.270. The molecule has 2 rings (SSSR count). The van der Waals surface area contributed by atoms with Crippen molar-refractivity contribution < 1.29 is 0 Å². The minimum Gasteiger partial charge on any atom is -0.312 e. The van der Waals surface area contributed by atoms with Crippen molar-refractivity contribution in [1.82, 2.24) is 10.2 Å². The Morgan fingerprint density at radius 1 is 1.12 bits per heavy atom. The summed E-state index contributed by atoms with van der Waals surface area (Å²) in [5.41, 5.74) is 0.447. The summed E-state index contributed by atoms with van der Waals surface area (Å²) >= 11 is 2.12. The average Bonchev–Trinajstić information content (AvgIpc) is 2.38. The topological polar surface area (TPSA) is 15.3 Å². The number of rotatable bonds is 4. The zero-order valence-electron chi connectivity index (χ0n) is 11.5. The molecule has 0 atom stereocenters. The van der Waals surface area contributed by atoms with Gasteiger partial charge in [0, 0.05) is 18.1 Å². The van der Waals surface area contributed by atoms with E-state index in [1.807, 2.05) is 0 Å². The molecule has 2 fully saturated rings. The van der Waals surface area contributed by atoms with Crippen molar-refractivity contribution in [2.75, 3.05) is 32.1 Å². The molecular weight excluding hydrogens is 228 g/mol. The molecule has 1 aliphatic heterocycles. The van der Waals surface area contributed by atoms with Crippen LogP contribution in [0.1, 0.15) is 44.9 Å². The van der Waals surface area contributed by atoms with E-state index in [0.29, 0.717) is 5.54 Å². The number of nitrogens with zero attached hydrogens (tertiary/aromatic N) is 1. The standard InChI is InChI=1S/C14H28N2S/c1-16(2)14(8-4-3-5-9-14)12-15-13-6-10-17-11-7-13/h13,15H,3-12H2,1-2H3. The summed E-state index contributed by atoms with van der Waals surface area (Å²) < 4.78 is 0. The lowest BCUT2D eigenvalue weighted by atomic mass is 9.80. The lowest BCUT2D eigenvalue weighted by molar-refractivity contribution is 0.0947. The highest BCUT2D eigenvalue weighted by Crippen LogP contribution is 2.32. The largest absolute Gasteiger partial charge is 0.312 e. The maximum absolute atomic E-state index is 3.86. The Morgan fingerprint density at radius 3 is 2.35 bits per heavy atom. The first-order valence-electron chi connectivity index (χ1n) is 7.21. The Kier molecular flexibility index (Phi) is 5.19. The number of hydrogen-bond donors (Lipinski definition) is 1. The highest BCUT2D eigenvalue weighted by Gasteiger charge is 2.34. The first kappa shape index (κ1) is 13.7. The van der Waals surface area contributed by atoms with Gasteiger partial charge >= 0.3 is 0 Å². The summed E-state index contributed by atoms with van der Waals surface area (Å²) in [6.45, 7) is 1.20. The molecule has 3 heteroatoms. The van der Waals surface area contributed by atoms with Crippen LogP contribution in [0.3, 0.4) is 0 Å². The number of likely N-dealkylation sites (N-methyl/N-ethyl adjacent to an activating group) is 1. The third-order valence-electron chi connectivity index (χ3n) is 4.67. The van der Waals surface area contributed by atoms with Crippen molar-refractivity contribution in [2.24, 2.45) is 0 Å². The van der Waals surface area contributed by atoms with Gasteiger partial charge in [-0.3, -0.25) is 0 Å². The minimum atomic E-state index is 0.447. The lowest BCUT2D eigenvalue weighted by Crippen LogP contribution is -2.54. The monoisotopic (exact) mass is 256 g/mol. The maximum atomic E-state index is 3.86. The van der Waals surface area contributed by atoms with Gasteiger partial charge in [-0.2, -0.15) is 11.8 Å². The van der Waals surface area contributed by atoms with Crippen LogP contribution in [-0.2, 0) is 0 Å². The summed E-state index contributed by atoms with van der Waals surface area (Å²) in [4.78, 5) is 2.48. The molecule has 0 amide bonds. The van der Waals surface area contributed by atoms with Gasteiger partial charge in [-0.25, -0.2) is 0 Å². The van der Waals surface area contributed by atoms with E-state index in [2.05, 4.69) is 36.1 Å². The number of thioether (sulfide) groups is 1. The van der Waals surface area contributed by atoms with Crippen molar-refractivity contribution in [2.45, 2.75) is 56.5 Å². The van der Waals surface area contributed by atoms with Crippen molar-refractivity contribution in [3.05, 3.63) is 0 Å². The van der Waals surface area contributed by atoms with Gasteiger partial charge in [0.1, 0.15) is 0 Å². The third-order valence-corrected chi connectivity index (χ3v) is 5.72. The molecule has 1 saturated carbocycles. The molecule has 1 heterocycles. The van der Waals surface area contributed by atoms with E-state index >= 15 is 0 Å². The Bertz CT molecular complexity index is 218. The van der Waals surface area contributed by atoms with E-state index in [4.69, 9.17) is 0 Å². The normalized spacial score (nSPS) is 26.3. The molecule has 0 aromatic carbocycles. The summed E-state index contributed by atoms with van der Waals surface area (Å²) in [6.07, 6.45) is 9.78. The minimum absolute atomic E-state index is 0.447. The predicted octanol–water partition coefficient (Wildman–Crippen LogP) is 2.74. The van der Waals surface area contributed by atoms with Crippen LogP contribution in [0.25, 0.3) is 0 Å². The van der Waals surface area contributed by atoms with E-state index in [1.165, 1.54) is 63.0 Å². The molecule has 100 valence electrons. The van der Waals surface area contributed by atoms with E-state index in [1.54, 1.807) is 0 Å². The van der Waals surface area contributed by atoms with Crippen LogP contribution in [0, 0.1) is 0 Å². The highest BCUT2D eigenvalue weighted by atomic mass is 32.2. The van der Waals surface area contributed by atoms with Crippen LogP contribution in [-0.4, -0.2) is 48.6 Å². The molecule has 0 spiro atoms.